The first kappa shape index (κ1) is 22.9. The smallest absolute Gasteiger partial charge is 0.407 e. The van der Waals surface area contributed by atoms with E-state index in [0.29, 0.717) is 0 Å². The molecule has 1 aromatic heterocycles. The highest BCUT2D eigenvalue weighted by Crippen LogP contribution is 2.39. The van der Waals surface area contributed by atoms with Gasteiger partial charge in [0.05, 0.1) is 19.2 Å². The van der Waals surface area contributed by atoms with Crippen molar-refractivity contribution in [3.63, 3.8) is 0 Å². The van der Waals surface area contributed by atoms with Gasteiger partial charge in [-0.15, -0.1) is 0 Å². The van der Waals surface area contributed by atoms with Crippen LogP contribution in [0.1, 0.15) is 32.4 Å². The molecule has 0 radical (unpaired) electrons. The number of nitrogens with zero attached hydrogens (tertiary/aromatic N) is 2. The molecule has 1 aromatic carbocycles. The van der Waals surface area contributed by atoms with Gasteiger partial charge in [-0.1, -0.05) is 45.0 Å². The Morgan fingerprint density at radius 2 is 1.86 bits per heavy atom. The Hall–Kier alpha value is -2.38. The summed E-state index contributed by atoms with van der Waals surface area (Å²) in [6.45, 7) is 11.6. The van der Waals surface area contributed by atoms with Crippen molar-refractivity contribution in [3.8, 4) is 5.75 Å². The minimum atomic E-state index is -2.11. The van der Waals surface area contributed by atoms with Crippen LogP contribution in [-0.2, 0) is 4.43 Å². The van der Waals surface area contributed by atoms with Gasteiger partial charge in [-0.2, -0.15) is 0 Å². The van der Waals surface area contributed by atoms with Gasteiger partial charge >= 0.3 is 6.09 Å². The normalized spacial score (nSPS) is 13.0. The fraction of sp³-hybridized carbons (Fsp3) is 0.455. The molecule has 0 saturated carbocycles. The summed E-state index contributed by atoms with van der Waals surface area (Å²) in [6.07, 6.45) is 2.08. The van der Waals surface area contributed by atoms with E-state index in [1.54, 1.807) is 12.4 Å². The summed E-state index contributed by atoms with van der Waals surface area (Å²) in [5.41, 5.74) is 0.882. The number of pyridine rings is 1. The Bertz CT molecular complexity index is 763. The quantitative estimate of drug-likeness (QED) is 0.569. The highest BCUT2D eigenvalue weighted by Gasteiger charge is 2.40. The topological polar surface area (TPSA) is 71.9 Å². The molecule has 0 spiro atoms. The van der Waals surface area contributed by atoms with Crippen LogP contribution in [0.5, 0.6) is 5.75 Å². The Morgan fingerprint density at radius 1 is 1.17 bits per heavy atom. The van der Waals surface area contributed by atoms with Crippen LogP contribution in [-0.4, -0.2) is 49.1 Å². The zero-order valence-electron chi connectivity index (χ0n) is 18.0. The van der Waals surface area contributed by atoms with Crippen LogP contribution in [0.4, 0.5) is 4.79 Å². The minimum absolute atomic E-state index is 0.0118. The highest BCUT2D eigenvalue weighted by atomic mass is 28.4. The molecule has 1 amide bonds. The number of carbonyl (C=O) groups is 1. The van der Waals surface area contributed by atoms with Crippen molar-refractivity contribution in [2.75, 3.05) is 19.7 Å². The molecule has 0 aliphatic heterocycles. The zero-order chi connectivity index (χ0) is 21.5. The van der Waals surface area contributed by atoms with Gasteiger partial charge in [-0.05, 0) is 41.9 Å². The molecule has 1 N–H and O–H groups in total. The fourth-order valence-corrected chi connectivity index (χ4v) is 3.84. The van der Waals surface area contributed by atoms with Crippen LogP contribution in [0, 0.1) is 0 Å². The lowest BCUT2D eigenvalue weighted by molar-refractivity contribution is 0.0935. The first-order valence-corrected chi connectivity index (χ1v) is 12.7. The summed E-state index contributed by atoms with van der Waals surface area (Å²) in [7, 11) is -2.11. The number of amides is 1. The van der Waals surface area contributed by atoms with E-state index in [9.17, 15) is 9.90 Å². The summed E-state index contributed by atoms with van der Waals surface area (Å²) in [5.74, 6) is 0.721. The maximum Gasteiger partial charge on any atom is 0.407 e. The molecule has 1 heterocycles. The Balaban J connectivity index is 2.12. The summed E-state index contributed by atoms with van der Waals surface area (Å²) >= 11 is 0. The van der Waals surface area contributed by atoms with E-state index in [1.807, 2.05) is 42.5 Å². The van der Waals surface area contributed by atoms with E-state index in [0.717, 1.165) is 11.3 Å². The van der Waals surface area contributed by atoms with E-state index in [1.165, 1.54) is 4.90 Å². The third-order valence-corrected chi connectivity index (χ3v) is 9.82. The average Bonchev–Trinajstić information content (AvgIpc) is 2.67. The molecule has 0 aliphatic carbocycles. The number of para-hydroxylation sites is 1. The second kappa shape index (κ2) is 9.89. The third-order valence-electron chi connectivity index (χ3n) is 5.33. The lowest BCUT2D eigenvalue weighted by Crippen LogP contribution is -2.45. The van der Waals surface area contributed by atoms with Crippen molar-refractivity contribution in [2.45, 2.75) is 45.0 Å². The lowest BCUT2D eigenvalue weighted by Gasteiger charge is -2.40. The molecule has 0 saturated heterocycles. The van der Waals surface area contributed by atoms with Crippen LogP contribution >= 0.6 is 0 Å². The van der Waals surface area contributed by atoms with E-state index in [2.05, 4.69) is 38.8 Å². The maximum atomic E-state index is 11.9. The van der Waals surface area contributed by atoms with Crippen LogP contribution in [0.2, 0.25) is 18.1 Å². The SMILES string of the molecule is CC(C)(C)[Si](C)(C)OC(CN(CCOc1ccccc1)C(=O)O)c1cccnc1. The van der Waals surface area contributed by atoms with Crippen molar-refractivity contribution in [1.82, 2.24) is 9.88 Å². The maximum absolute atomic E-state index is 11.9. The molecule has 0 fully saturated rings. The van der Waals surface area contributed by atoms with Gasteiger partial charge in [0.15, 0.2) is 8.32 Å². The molecular formula is C22H32N2O4Si. The van der Waals surface area contributed by atoms with E-state index >= 15 is 0 Å². The second-order valence-corrected chi connectivity index (χ2v) is 13.3. The largest absolute Gasteiger partial charge is 0.492 e. The fourth-order valence-electron chi connectivity index (χ4n) is 2.57. The molecule has 2 aromatic rings. The number of aromatic nitrogens is 1. The monoisotopic (exact) mass is 416 g/mol. The highest BCUT2D eigenvalue weighted by molar-refractivity contribution is 6.74. The minimum Gasteiger partial charge on any atom is -0.492 e. The molecule has 1 unspecified atom stereocenters. The van der Waals surface area contributed by atoms with Crippen molar-refractivity contribution in [3.05, 3.63) is 60.4 Å². The van der Waals surface area contributed by atoms with E-state index < -0.39 is 14.4 Å². The number of carboxylic acid groups (broad SMARTS) is 1. The van der Waals surface area contributed by atoms with Gasteiger partial charge in [-0.25, -0.2) is 4.79 Å². The third kappa shape index (κ3) is 6.87. The number of hydrogen-bond donors (Lipinski definition) is 1. The number of ether oxygens (including phenoxy) is 1. The van der Waals surface area contributed by atoms with Crippen molar-refractivity contribution >= 4 is 14.4 Å². The van der Waals surface area contributed by atoms with Gasteiger partial charge in [-0.3, -0.25) is 4.98 Å². The molecule has 158 valence electrons. The van der Waals surface area contributed by atoms with Crippen LogP contribution in [0.25, 0.3) is 0 Å². The molecule has 1 atom stereocenters. The van der Waals surface area contributed by atoms with Crippen LogP contribution < -0.4 is 4.74 Å². The van der Waals surface area contributed by atoms with E-state index in [4.69, 9.17) is 9.16 Å². The molecule has 2 rings (SSSR count). The van der Waals surface area contributed by atoms with Gasteiger partial charge in [0.2, 0.25) is 0 Å². The molecule has 0 bridgehead atoms. The van der Waals surface area contributed by atoms with Crippen LogP contribution in [0.3, 0.4) is 0 Å². The first-order chi connectivity index (χ1) is 13.6. The van der Waals surface area contributed by atoms with Crippen molar-refractivity contribution in [1.29, 1.82) is 0 Å². The summed E-state index contributed by atoms with van der Waals surface area (Å²) in [6, 6.07) is 13.2. The van der Waals surface area contributed by atoms with Crippen molar-refractivity contribution < 1.29 is 19.1 Å². The predicted molar refractivity (Wildman–Crippen MR) is 117 cm³/mol. The van der Waals surface area contributed by atoms with Crippen LogP contribution in [0.15, 0.2) is 54.9 Å². The van der Waals surface area contributed by atoms with E-state index in [-0.39, 0.29) is 30.8 Å². The lowest BCUT2D eigenvalue weighted by atomic mass is 10.1. The average molecular weight is 417 g/mol. The van der Waals surface area contributed by atoms with Gasteiger partial charge < -0.3 is 19.2 Å². The molecule has 6 nitrogen and oxygen atoms in total. The second-order valence-electron chi connectivity index (χ2n) is 8.54. The molecule has 7 heteroatoms. The number of hydrogen-bond acceptors (Lipinski definition) is 4. The van der Waals surface area contributed by atoms with Crippen molar-refractivity contribution in [2.24, 2.45) is 0 Å². The van der Waals surface area contributed by atoms with Gasteiger partial charge in [0.25, 0.3) is 0 Å². The standard InChI is InChI=1S/C22H32N2O4Si/c1-22(2,3)29(4,5)28-20(18-10-9-13-23-16-18)17-24(21(25)26)14-15-27-19-11-7-6-8-12-19/h6-13,16,20H,14-15,17H2,1-5H3,(H,25,26). The Labute approximate surface area is 174 Å². The Kier molecular flexibility index (Phi) is 7.81. The summed E-state index contributed by atoms with van der Waals surface area (Å²) in [4.78, 5) is 17.4. The predicted octanol–water partition coefficient (Wildman–Crippen LogP) is 5.20. The molecule has 29 heavy (non-hydrogen) atoms. The molecule has 0 aliphatic rings. The zero-order valence-corrected chi connectivity index (χ0v) is 19.0. The van der Waals surface area contributed by atoms with Gasteiger partial charge in [0, 0.05) is 12.4 Å². The number of rotatable bonds is 9. The molecular weight excluding hydrogens is 384 g/mol. The summed E-state index contributed by atoms with van der Waals surface area (Å²) in [5, 5.41) is 9.75. The Morgan fingerprint density at radius 3 is 2.41 bits per heavy atom. The first-order valence-electron chi connectivity index (χ1n) is 9.83. The summed E-state index contributed by atoms with van der Waals surface area (Å²) < 4.78 is 12.3. The van der Waals surface area contributed by atoms with Gasteiger partial charge in [0.1, 0.15) is 12.4 Å². The number of benzene rings is 1.